The number of hydrogen-bond acceptors (Lipinski definition) is 4. The quantitative estimate of drug-likeness (QED) is 0.356. The molecule has 4 nitrogen and oxygen atoms in total. The maximum absolute atomic E-state index is 11.8. The Bertz CT molecular complexity index is 721. The summed E-state index contributed by atoms with van der Waals surface area (Å²) in [6, 6.07) is 15.0. The lowest BCUT2D eigenvalue weighted by Crippen LogP contribution is -2.16. The monoisotopic (exact) mass is 308 g/mol. The summed E-state index contributed by atoms with van der Waals surface area (Å²) in [5.41, 5.74) is 3.04. The van der Waals surface area contributed by atoms with Crippen molar-refractivity contribution in [3.63, 3.8) is 0 Å². The smallest absolute Gasteiger partial charge is 0.202 e. The van der Waals surface area contributed by atoms with Crippen LogP contribution in [0.25, 0.3) is 0 Å². The van der Waals surface area contributed by atoms with E-state index in [2.05, 4.69) is 12.1 Å². The lowest BCUT2D eigenvalue weighted by atomic mass is 10.1. The lowest BCUT2D eigenvalue weighted by molar-refractivity contribution is -0.129. The molecular weight excluding hydrogens is 292 g/mol. The van der Waals surface area contributed by atoms with E-state index >= 15 is 0 Å². The van der Waals surface area contributed by atoms with Crippen LogP contribution in [0, 0.1) is 0 Å². The third kappa shape index (κ3) is 3.54. The fraction of sp³-hybridized carbons (Fsp3) is 0.211. The molecule has 1 aliphatic carbocycles. The van der Waals surface area contributed by atoms with Crippen molar-refractivity contribution in [1.82, 2.24) is 0 Å². The van der Waals surface area contributed by atoms with Gasteiger partial charge in [0.1, 0.15) is 11.9 Å². The minimum atomic E-state index is -0.709. The van der Waals surface area contributed by atoms with Crippen molar-refractivity contribution >= 4 is 17.9 Å². The van der Waals surface area contributed by atoms with E-state index in [1.807, 2.05) is 12.1 Å². The molecule has 4 heteroatoms. The first-order chi connectivity index (χ1) is 11.2. The predicted octanol–water partition coefficient (Wildman–Crippen LogP) is 2.57. The highest BCUT2D eigenvalue weighted by Crippen LogP contribution is 2.25. The molecule has 2 aromatic carbocycles. The van der Waals surface area contributed by atoms with Gasteiger partial charge in [0.25, 0.3) is 0 Å². The maximum atomic E-state index is 11.8. The van der Waals surface area contributed by atoms with E-state index in [-0.39, 0.29) is 24.6 Å². The molecule has 0 radical (unpaired) electrons. The van der Waals surface area contributed by atoms with Crippen molar-refractivity contribution in [2.24, 2.45) is 0 Å². The summed E-state index contributed by atoms with van der Waals surface area (Å²) in [4.78, 5) is 33.1. The molecule has 0 saturated carbocycles. The molecule has 1 aliphatic rings. The number of rotatable bonds is 6. The highest BCUT2D eigenvalue weighted by Gasteiger charge is 2.22. The first-order valence-electron chi connectivity index (χ1n) is 7.50. The Morgan fingerprint density at radius 2 is 1.61 bits per heavy atom. The Kier molecular flexibility index (Phi) is 4.33. The lowest BCUT2D eigenvalue weighted by Gasteiger charge is -2.13. The predicted molar refractivity (Wildman–Crippen MR) is 84.7 cm³/mol. The molecule has 0 bridgehead atoms. The van der Waals surface area contributed by atoms with Crippen LogP contribution in [0.1, 0.15) is 27.9 Å². The van der Waals surface area contributed by atoms with Crippen molar-refractivity contribution in [1.29, 1.82) is 0 Å². The van der Waals surface area contributed by atoms with Gasteiger partial charge in [-0.15, -0.1) is 0 Å². The molecule has 2 aromatic rings. The van der Waals surface area contributed by atoms with Gasteiger partial charge >= 0.3 is 0 Å². The van der Waals surface area contributed by atoms with E-state index in [9.17, 15) is 14.4 Å². The summed E-state index contributed by atoms with van der Waals surface area (Å²) in [6.45, 7) is 0. The number of carbonyl (C=O) groups is 3. The van der Waals surface area contributed by atoms with Crippen molar-refractivity contribution in [2.75, 3.05) is 0 Å². The van der Waals surface area contributed by atoms with E-state index in [0.29, 0.717) is 11.3 Å². The third-order valence-corrected chi connectivity index (χ3v) is 3.96. The van der Waals surface area contributed by atoms with Crippen molar-refractivity contribution in [3.05, 3.63) is 65.2 Å². The minimum absolute atomic E-state index is 0.102. The molecule has 116 valence electrons. The largest absolute Gasteiger partial charge is 0.490 e. The Labute approximate surface area is 134 Å². The van der Waals surface area contributed by atoms with Crippen LogP contribution in [0.15, 0.2) is 48.5 Å². The van der Waals surface area contributed by atoms with Gasteiger partial charge in [-0.05, 0) is 35.4 Å². The van der Waals surface area contributed by atoms with Crippen LogP contribution in [0.5, 0.6) is 5.75 Å². The zero-order valence-corrected chi connectivity index (χ0v) is 12.5. The van der Waals surface area contributed by atoms with Gasteiger partial charge in [0.2, 0.25) is 5.78 Å². The van der Waals surface area contributed by atoms with Gasteiger partial charge in [-0.25, -0.2) is 0 Å². The Balaban J connectivity index is 1.61. The van der Waals surface area contributed by atoms with Gasteiger partial charge < -0.3 is 4.74 Å². The van der Waals surface area contributed by atoms with Gasteiger partial charge in [0.05, 0.1) is 6.42 Å². The van der Waals surface area contributed by atoms with Gasteiger partial charge in [-0.3, -0.25) is 14.4 Å². The van der Waals surface area contributed by atoms with Crippen LogP contribution >= 0.6 is 0 Å². The van der Waals surface area contributed by atoms with Crippen LogP contribution in [0.2, 0.25) is 0 Å². The Morgan fingerprint density at radius 3 is 2.17 bits per heavy atom. The van der Waals surface area contributed by atoms with Gasteiger partial charge in [-0.1, -0.05) is 24.3 Å². The molecule has 23 heavy (non-hydrogen) atoms. The fourth-order valence-electron chi connectivity index (χ4n) is 2.82. The molecule has 3 rings (SSSR count). The molecule has 0 unspecified atom stereocenters. The molecule has 0 aliphatic heterocycles. The maximum Gasteiger partial charge on any atom is 0.202 e. The van der Waals surface area contributed by atoms with E-state index in [1.165, 1.54) is 11.1 Å². The second-order valence-electron chi connectivity index (χ2n) is 5.63. The van der Waals surface area contributed by atoms with E-state index in [0.717, 1.165) is 12.8 Å². The van der Waals surface area contributed by atoms with Gasteiger partial charge in [0, 0.05) is 18.4 Å². The topological polar surface area (TPSA) is 60.4 Å². The second-order valence-corrected chi connectivity index (χ2v) is 5.63. The van der Waals surface area contributed by atoms with Gasteiger partial charge in [0.15, 0.2) is 12.1 Å². The summed E-state index contributed by atoms with van der Waals surface area (Å²) < 4.78 is 5.96. The average Bonchev–Trinajstić information content (AvgIpc) is 2.97. The summed E-state index contributed by atoms with van der Waals surface area (Å²) in [7, 11) is 0. The van der Waals surface area contributed by atoms with E-state index in [1.54, 1.807) is 24.3 Å². The zero-order valence-electron chi connectivity index (χ0n) is 12.5. The second kappa shape index (κ2) is 6.57. The zero-order chi connectivity index (χ0) is 16.2. The van der Waals surface area contributed by atoms with Crippen LogP contribution in [0.3, 0.4) is 0 Å². The number of Topliss-reactive ketones (excluding diaryl/α,β-unsaturated/α-hetero) is 2. The van der Waals surface area contributed by atoms with Crippen molar-refractivity contribution in [3.8, 4) is 5.75 Å². The summed E-state index contributed by atoms with van der Waals surface area (Å²) in [5.74, 6) is -0.373. The average molecular weight is 308 g/mol. The van der Waals surface area contributed by atoms with Crippen LogP contribution in [0.4, 0.5) is 0 Å². The van der Waals surface area contributed by atoms with Crippen LogP contribution < -0.4 is 4.74 Å². The molecule has 0 spiro atoms. The number of hydrogen-bond donors (Lipinski definition) is 0. The van der Waals surface area contributed by atoms with Gasteiger partial charge in [-0.2, -0.15) is 0 Å². The molecular formula is C19H16O4. The first-order valence-corrected chi connectivity index (χ1v) is 7.50. The normalized spacial score (nSPS) is 13.4. The first kappa shape index (κ1) is 15.2. The fourth-order valence-corrected chi connectivity index (χ4v) is 2.82. The van der Waals surface area contributed by atoms with Crippen molar-refractivity contribution < 1.29 is 19.1 Å². The summed E-state index contributed by atoms with van der Waals surface area (Å²) in [6.07, 6.45) is 1.65. The van der Waals surface area contributed by atoms with Crippen molar-refractivity contribution in [2.45, 2.75) is 25.4 Å². The van der Waals surface area contributed by atoms with Crippen LogP contribution in [-0.4, -0.2) is 24.0 Å². The number of aldehydes is 1. The Morgan fingerprint density at radius 1 is 1.00 bits per heavy atom. The number of ketones is 2. The number of fused-ring (bicyclic) bond motifs is 1. The molecule has 0 N–H and O–H groups in total. The third-order valence-electron chi connectivity index (χ3n) is 3.96. The molecule has 0 heterocycles. The standard InChI is InChI=1S/C19H16O4/c20-12-16(21)11-19(22)13-5-7-17(8-6-13)23-18-9-14-3-1-2-4-15(14)10-18/h1-8,12,18H,9-11H2. The number of benzene rings is 2. The number of ether oxygens (including phenoxy) is 1. The summed E-state index contributed by atoms with van der Waals surface area (Å²) >= 11 is 0. The van der Waals surface area contributed by atoms with Crippen LogP contribution in [-0.2, 0) is 22.4 Å². The molecule has 0 aromatic heterocycles. The molecule has 0 amide bonds. The Hall–Kier alpha value is -2.75. The highest BCUT2D eigenvalue weighted by atomic mass is 16.5. The number of carbonyl (C=O) groups excluding carboxylic acids is 3. The van der Waals surface area contributed by atoms with E-state index in [4.69, 9.17) is 4.74 Å². The minimum Gasteiger partial charge on any atom is -0.490 e. The SMILES string of the molecule is O=CC(=O)CC(=O)c1ccc(OC2Cc3ccccc3C2)cc1. The summed E-state index contributed by atoms with van der Waals surface area (Å²) in [5, 5.41) is 0. The highest BCUT2D eigenvalue weighted by molar-refractivity contribution is 6.31. The molecule has 0 atom stereocenters. The molecule has 0 saturated heterocycles. The molecule has 0 fully saturated rings. The van der Waals surface area contributed by atoms with E-state index < -0.39 is 5.78 Å².